The van der Waals surface area contributed by atoms with Gasteiger partial charge in [-0.2, -0.15) is 18.3 Å². The molecular weight excluding hydrogens is 325 g/mol. The summed E-state index contributed by atoms with van der Waals surface area (Å²) in [5.41, 5.74) is -0.605. The van der Waals surface area contributed by atoms with Crippen LogP contribution in [0.4, 0.5) is 13.2 Å². The number of rotatable bonds is 2. The maximum Gasteiger partial charge on any atom is 0.435 e. The first-order chi connectivity index (χ1) is 8.82. The first-order valence-corrected chi connectivity index (χ1v) is 6.25. The van der Waals surface area contributed by atoms with E-state index in [1.807, 2.05) is 0 Å². The molecule has 19 heavy (non-hydrogen) atoms. The van der Waals surface area contributed by atoms with Gasteiger partial charge in [-0.1, -0.05) is 15.9 Å². The Morgan fingerprint density at radius 3 is 2.53 bits per heavy atom. The molecule has 0 saturated heterocycles. The molecule has 0 bridgehead atoms. The van der Waals surface area contributed by atoms with E-state index in [4.69, 9.17) is 0 Å². The summed E-state index contributed by atoms with van der Waals surface area (Å²) >= 11 is 3.15. The van der Waals surface area contributed by atoms with Gasteiger partial charge in [-0.05, 0) is 30.7 Å². The summed E-state index contributed by atoms with van der Waals surface area (Å²) < 4.78 is 40.5. The van der Waals surface area contributed by atoms with E-state index in [2.05, 4.69) is 21.0 Å². The summed E-state index contributed by atoms with van der Waals surface area (Å²) in [6.07, 6.45) is -3.17. The standard InChI is InChI=1S/C12H10BrF3N2O/c1-2-18-6-9(11(17-18)12(14,15)16)8-4-3-7(19)5-10(8)13/h3-6,19H,2H2,1H3. The maximum absolute atomic E-state index is 13.0. The Balaban J connectivity index is 2.64. The van der Waals surface area contributed by atoms with Crippen LogP contribution in [0, 0.1) is 0 Å². The van der Waals surface area contributed by atoms with E-state index < -0.39 is 11.9 Å². The largest absolute Gasteiger partial charge is 0.508 e. The van der Waals surface area contributed by atoms with E-state index in [9.17, 15) is 18.3 Å². The molecule has 0 aliphatic heterocycles. The van der Waals surface area contributed by atoms with Crippen molar-refractivity contribution in [2.45, 2.75) is 19.6 Å². The van der Waals surface area contributed by atoms with Crippen LogP contribution in [0.1, 0.15) is 12.6 Å². The molecule has 0 atom stereocenters. The number of nitrogens with zero attached hydrogens (tertiary/aromatic N) is 2. The van der Waals surface area contributed by atoms with Crippen LogP contribution in [-0.2, 0) is 12.7 Å². The fourth-order valence-corrected chi connectivity index (χ4v) is 2.29. The molecule has 3 nitrogen and oxygen atoms in total. The Kier molecular flexibility index (Phi) is 3.58. The normalized spacial score (nSPS) is 11.8. The van der Waals surface area contributed by atoms with Crippen molar-refractivity contribution >= 4 is 15.9 Å². The molecule has 1 heterocycles. The third-order valence-electron chi connectivity index (χ3n) is 2.60. The van der Waals surface area contributed by atoms with Gasteiger partial charge in [0.05, 0.1) is 0 Å². The third kappa shape index (κ3) is 2.75. The van der Waals surface area contributed by atoms with Crippen molar-refractivity contribution in [3.05, 3.63) is 34.6 Å². The van der Waals surface area contributed by atoms with Gasteiger partial charge in [0.2, 0.25) is 0 Å². The van der Waals surface area contributed by atoms with Gasteiger partial charge in [0.1, 0.15) is 5.75 Å². The van der Waals surface area contributed by atoms with Gasteiger partial charge in [-0.3, -0.25) is 4.68 Å². The first kappa shape index (κ1) is 13.9. The number of hydrogen-bond acceptors (Lipinski definition) is 2. The first-order valence-electron chi connectivity index (χ1n) is 5.46. The number of phenolic OH excluding ortho intramolecular Hbond substituents is 1. The number of aromatic hydroxyl groups is 1. The second-order valence-electron chi connectivity index (χ2n) is 3.91. The predicted octanol–water partition coefficient (Wildman–Crippen LogP) is 4.06. The molecule has 1 aromatic carbocycles. The van der Waals surface area contributed by atoms with Crippen molar-refractivity contribution in [2.75, 3.05) is 0 Å². The molecule has 0 spiro atoms. The minimum atomic E-state index is -4.52. The topological polar surface area (TPSA) is 38.0 Å². The second-order valence-corrected chi connectivity index (χ2v) is 4.76. The lowest BCUT2D eigenvalue weighted by Crippen LogP contribution is -2.08. The Labute approximate surface area is 115 Å². The van der Waals surface area contributed by atoms with Crippen LogP contribution in [-0.4, -0.2) is 14.9 Å². The Hall–Kier alpha value is -1.50. The number of alkyl halides is 3. The molecule has 0 fully saturated rings. The third-order valence-corrected chi connectivity index (χ3v) is 3.25. The van der Waals surface area contributed by atoms with E-state index in [1.165, 1.54) is 29.1 Å². The monoisotopic (exact) mass is 334 g/mol. The Bertz CT molecular complexity index is 608. The summed E-state index contributed by atoms with van der Waals surface area (Å²) in [4.78, 5) is 0. The van der Waals surface area contributed by atoms with Crippen LogP contribution in [0.15, 0.2) is 28.9 Å². The average molecular weight is 335 g/mol. The quantitative estimate of drug-likeness (QED) is 0.899. The highest BCUT2D eigenvalue weighted by atomic mass is 79.9. The summed E-state index contributed by atoms with van der Waals surface area (Å²) in [7, 11) is 0. The van der Waals surface area contributed by atoms with Gasteiger partial charge in [-0.15, -0.1) is 0 Å². The molecule has 0 amide bonds. The number of hydrogen-bond donors (Lipinski definition) is 1. The number of phenols is 1. The molecule has 1 aromatic heterocycles. The molecule has 0 aliphatic rings. The second kappa shape index (κ2) is 4.88. The molecule has 2 rings (SSSR count). The number of aryl methyl sites for hydroxylation is 1. The summed E-state index contributed by atoms with van der Waals surface area (Å²) in [6.45, 7) is 2.06. The molecule has 0 saturated carbocycles. The summed E-state index contributed by atoms with van der Waals surface area (Å²) in [5, 5.41) is 12.8. The number of benzene rings is 1. The molecule has 1 N–H and O–H groups in total. The number of halogens is 4. The van der Waals surface area contributed by atoms with Crippen molar-refractivity contribution < 1.29 is 18.3 Å². The van der Waals surface area contributed by atoms with Crippen LogP contribution >= 0.6 is 15.9 Å². The van der Waals surface area contributed by atoms with Crippen LogP contribution in [0.3, 0.4) is 0 Å². The minimum absolute atomic E-state index is 0.0128. The smallest absolute Gasteiger partial charge is 0.435 e. The maximum atomic E-state index is 13.0. The van der Waals surface area contributed by atoms with E-state index in [-0.39, 0.29) is 11.3 Å². The summed E-state index contributed by atoms with van der Waals surface area (Å²) in [5.74, 6) is -0.0212. The lowest BCUT2D eigenvalue weighted by Gasteiger charge is -2.07. The molecule has 0 aliphatic carbocycles. The highest BCUT2D eigenvalue weighted by Gasteiger charge is 2.37. The van der Waals surface area contributed by atoms with E-state index >= 15 is 0 Å². The van der Waals surface area contributed by atoms with Gasteiger partial charge < -0.3 is 5.11 Å². The fourth-order valence-electron chi connectivity index (χ4n) is 1.71. The van der Waals surface area contributed by atoms with Crippen LogP contribution in [0.2, 0.25) is 0 Å². The molecular formula is C12H10BrF3N2O. The lowest BCUT2D eigenvalue weighted by molar-refractivity contribution is -0.141. The van der Waals surface area contributed by atoms with Crippen molar-refractivity contribution in [1.82, 2.24) is 9.78 Å². The summed E-state index contributed by atoms with van der Waals surface area (Å²) in [6, 6.07) is 4.11. The molecule has 0 radical (unpaired) electrons. The van der Waals surface area contributed by atoms with Crippen molar-refractivity contribution in [3.8, 4) is 16.9 Å². The zero-order valence-corrected chi connectivity index (χ0v) is 11.5. The zero-order valence-electron chi connectivity index (χ0n) is 9.87. The Morgan fingerprint density at radius 2 is 2.00 bits per heavy atom. The van der Waals surface area contributed by atoms with E-state index in [0.29, 0.717) is 16.6 Å². The molecule has 2 aromatic rings. The molecule has 102 valence electrons. The van der Waals surface area contributed by atoms with Crippen LogP contribution in [0.25, 0.3) is 11.1 Å². The fraction of sp³-hybridized carbons (Fsp3) is 0.250. The predicted molar refractivity (Wildman–Crippen MR) is 67.7 cm³/mol. The highest BCUT2D eigenvalue weighted by Crippen LogP contribution is 2.39. The van der Waals surface area contributed by atoms with Crippen molar-refractivity contribution in [1.29, 1.82) is 0 Å². The average Bonchev–Trinajstić information content (AvgIpc) is 2.72. The van der Waals surface area contributed by atoms with E-state index in [0.717, 1.165) is 0 Å². The van der Waals surface area contributed by atoms with Gasteiger partial charge in [0, 0.05) is 22.8 Å². The van der Waals surface area contributed by atoms with Crippen molar-refractivity contribution in [2.24, 2.45) is 0 Å². The van der Waals surface area contributed by atoms with E-state index in [1.54, 1.807) is 6.92 Å². The van der Waals surface area contributed by atoms with Crippen molar-refractivity contribution in [3.63, 3.8) is 0 Å². The highest BCUT2D eigenvalue weighted by molar-refractivity contribution is 9.10. The SMILES string of the molecule is CCn1cc(-c2ccc(O)cc2Br)c(C(F)(F)F)n1. The van der Waals surface area contributed by atoms with Crippen LogP contribution < -0.4 is 0 Å². The lowest BCUT2D eigenvalue weighted by atomic mass is 10.1. The Morgan fingerprint density at radius 1 is 1.32 bits per heavy atom. The molecule has 7 heteroatoms. The zero-order chi connectivity index (χ0) is 14.2. The van der Waals surface area contributed by atoms with Crippen LogP contribution in [0.5, 0.6) is 5.75 Å². The minimum Gasteiger partial charge on any atom is -0.508 e. The van der Waals surface area contributed by atoms with Gasteiger partial charge in [0.25, 0.3) is 0 Å². The van der Waals surface area contributed by atoms with Gasteiger partial charge >= 0.3 is 6.18 Å². The van der Waals surface area contributed by atoms with Gasteiger partial charge in [-0.25, -0.2) is 0 Å². The number of aromatic nitrogens is 2. The molecule has 0 unspecified atom stereocenters. The van der Waals surface area contributed by atoms with Gasteiger partial charge in [0.15, 0.2) is 5.69 Å².